The van der Waals surface area contributed by atoms with Gasteiger partial charge >= 0.3 is 0 Å². The van der Waals surface area contributed by atoms with Crippen LogP contribution >= 0.6 is 0 Å². The third kappa shape index (κ3) is 2.34. The summed E-state index contributed by atoms with van der Waals surface area (Å²) < 4.78 is 0. The maximum Gasteiger partial charge on any atom is 0.111 e. The zero-order valence-electron chi connectivity index (χ0n) is 10.8. The first-order chi connectivity index (χ1) is 8.15. The van der Waals surface area contributed by atoms with Crippen LogP contribution in [0.25, 0.3) is 11.0 Å². The normalized spacial score (nSPS) is 13.5. The molecule has 0 spiro atoms. The summed E-state index contributed by atoms with van der Waals surface area (Å²) in [6.07, 6.45) is 1.05. The van der Waals surface area contributed by atoms with Crippen molar-refractivity contribution < 1.29 is 0 Å². The van der Waals surface area contributed by atoms with Crippen LogP contribution in [0.2, 0.25) is 0 Å². The van der Waals surface area contributed by atoms with E-state index in [4.69, 9.17) is 5.73 Å². The first-order valence-corrected chi connectivity index (χ1v) is 6.34. The fraction of sp³-hybridized carbons (Fsp3) is 0.500. The number of benzene rings is 1. The molecule has 2 rings (SSSR count). The van der Waals surface area contributed by atoms with E-state index in [1.807, 2.05) is 0 Å². The molecule has 1 heterocycles. The smallest absolute Gasteiger partial charge is 0.111 e. The van der Waals surface area contributed by atoms with Crippen molar-refractivity contribution in [3.05, 3.63) is 29.6 Å². The number of H-pyrrole nitrogens is 1. The Kier molecular flexibility index (Phi) is 3.48. The number of aromatic amines is 1. The third-order valence-corrected chi connectivity index (χ3v) is 3.38. The Bertz CT molecular complexity index is 499. The van der Waals surface area contributed by atoms with Crippen LogP contribution in [0, 0.1) is 5.92 Å². The molecule has 1 unspecified atom stereocenters. The lowest BCUT2D eigenvalue weighted by Crippen LogP contribution is -2.18. The van der Waals surface area contributed by atoms with Gasteiger partial charge in [-0.3, -0.25) is 0 Å². The van der Waals surface area contributed by atoms with Crippen molar-refractivity contribution >= 4 is 11.0 Å². The summed E-state index contributed by atoms with van der Waals surface area (Å²) in [5.74, 6) is 1.84. The summed E-state index contributed by atoms with van der Waals surface area (Å²) in [4.78, 5) is 8.06. The molecule has 0 aliphatic rings. The zero-order valence-corrected chi connectivity index (χ0v) is 10.8. The summed E-state index contributed by atoms with van der Waals surface area (Å²) in [5, 5.41) is 0. The molecule has 0 amide bonds. The molecule has 0 saturated carbocycles. The van der Waals surface area contributed by atoms with Crippen LogP contribution in [0.4, 0.5) is 0 Å². The molecule has 3 N–H and O–H groups in total. The van der Waals surface area contributed by atoms with Crippen LogP contribution in [0.15, 0.2) is 18.2 Å². The number of rotatable bonds is 4. The summed E-state index contributed by atoms with van der Waals surface area (Å²) in [6.45, 7) is 7.16. The SMILES string of the molecule is CCc1ccc2nc(C(CN)C(C)C)[nH]c2c1. The van der Waals surface area contributed by atoms with Crippen molar-refractivity contribution in [1.82, 2.24) is 9.97 Å². The molecule has 1 atom stereocenters. The van der Waals surface area contributed by atoms with Gasteiger partial charge in [-0.15, -0.1) is 0 Å². The molecule has 1 aromatic heterocycles. The molecule has 0 fully saturated rings. The van der Waals surface area contributed by atoms with Crippen molar-refractivity contribution in [2.45, 2.75) is 33.1 Å². The number of nitrogens with zero attached hydrogens (tertiary/aromatic N) is 1. The Balaban J connectivity index is 2.43. The highest BCUT2D eigenvalue weighted by Gasteiger charge is 2.17. The van der Waals surface area contributed by atoms with Crippen molar-refractivity contribution in [2.75, 3.05) is 6.54 Å². The van der Waals surface area contributed by atoms with Gasteiger partial charge in [0.25, 0.3) is 0 Å². The molecule has 3 nitrogen and oxygen atoms in total. The fourth-order valence-electron chi connectivity index (χ4n) is 2.17. The first kappa shape index (κ1) is 12.1. The second-order valence-electron chi connectivity index (χ2n) is 4.91. The van der Waals surface area contributed by atoms with Crippen LogP contribution in [-0.4, -0.2) is 16.5 Å². The van der Waals surface area contributed by atoms with Gasteiger partial charge < -0.3 is 10.7 Å². The molecule has 3 heteroatoms. The van der Waals surface area contributed by atoms with Crippen molar-refractivity contribution in [3.8, 4) is 0 Å². The van der Waals surface area contributed by atoms with E-state index in [0.717, 1.165) is 23.3 Å². The summed E-state index contributed by atoms with van der Waals surface area (Å²) >= 11 is 0. The molecule has 0 saturated heterocycles. The van der Waals surface area contributed by atoms with Gasteiger partial charge in [0.2, 0.25) is 0 Å². The molecule has 92 valence electrons. The number of hydrogen-bond acceptors (Lipinski definition) is 2. The highest BCUT2D eigenvalue weighted by Crippen LogP contribution is 2.23. The van der Waals surface area contributed by atoms with Crippen LogP contribution in [0.5, 0.6) is 0 Å². The lowest BCUT2D eigenvalue weighted by molar-refractivity contribution is 0.488. The average molecular weight is 231 g/mol. The van der Waals surface area contributed by atoms with Gasteiger partial charge in [-0.05, 0) is 30.0 Å². The lowest BCUT2D eigenvalue weighted by Gasteiger charge is -2.15. The largest absolute Gasteiger partial charge is 0.342 e. The number of nitrogens with two attached hydrogens (primary N) is 1. The number of aromatic nitrogens is 2. The number of fused-ring (bicyclic) bond motifs is 1. The highest BCUT2D eigenvalue weighted by atomic mass is 14.9. The van der Waals surface area contributed by atoms with Crippen molar-refractivity contribution in [1.29, 1.82) is 0 Å². The van der Waals surface area contributed by atoms with Gasteiger partial charge in [0.05, 0.1) is 11.0 Å². The van der Waals surface area contributed by atoms with E-state index >= 15 is 0 Å². The minimum atomic E-state index is 0.312. The zero-order chi connectivity index (χ0) is 12.4. The number of imidazole rings is 1. The van der Waals surface area contributed by atoms with E-state index in [1.165, 1.54) is 5.56 Å². The van der Waals surface area contributed by atoms with Crippen molar-refractivity contribution in [2.24, 2.45) is 11.7 Å². The van der Waals surface area contributed by atoms with Crippen LogP contribution in [0.1, 0.15) is 38.1 Å². The molecular weight excluding hydrogens is 210 g/mol. The molecule has 0 aliphatic heterocycles. The minimum Gasteiger partial charge on any atom is -0.342 e. The standard InChI is InChI=1S/C14H21N3/c1-4-10-5-6-12-13(7-10)17-14(16-12)11(8-15)9(2)3/h5-7,9,11H,4,8,15H2,1-3H3,(H,16,17). The van der Waals surface area contributed by atoms with E-state index in [2.05, 4.69) is 48.9 Å². The summed E-state index contributed by atoms with van der Waals surface area (Å²) in [7, 11) is 0. The molecule has 0 bridgehead atoms. The summed E-state index contributed by atoms with van der Waals surface area (Å²) in [6, 6.07) is 6.40. The quantitative estimate of drug-likeness (QED) is 0.850. The topological polar surface area (TPSA) is 54.7 Å². The van der Waals surface area contributed by atoms with Gasteiger partial charge in [0, 0.05) is 12.5 Å². The van der Waals surface area contributed by atoms with E-state index in [1.54, 1.807) is 0 Å². The Morgan fingerprint density at radius 2 is 2.12 bits per heavy atom. The molecule has 17 heavy (non-hydrogen) atoms. The fourth-order valence-corrected chi connectivity index (χ4v) is 2.17. The minimum absolute atomic E-state index is 0.312. The predicted octanol–water partition coefficient (Wildman–Crippen LogP) is 2.82. The lowest BCUT2D eigenvalue weighted by atomic mass is 9.95. The Hall–Kier alpha value is -1.35. The number of hydrogen-bond donors (Lipinski definition) is 2. The van der Waals surface area contributed by atoms with E-state index in [-0.39, 0.29) is 0 Å². The second-order valence-corrected chi connectivity index (χ2v) is 4.91. The van der Waals surface area contributed by atoms with Gasteiger partial charge in [0.15, 0.2) is 0 Å². The van der Waals surface area contributed by atoms with Crippen LogP contribution in [0.3, 0.4) is 0 Å². The molecule has 2 aromatic rings. The molecule has 0 radical (unpaired) electrons. The second kappa shape index (κ2) is 4.88. The average Bonchev–Trinajstić information content (AvgIpc) is 2.71. The monoisotopic (exact) mass is 231 g/mol. The van der Waals surface area contributed by atoms with Crippen LogP contribution < -0.4 is 5.73 Å². The van der Waals surface area contributed by atoms with Gasteiger partial charge in [-0.2, -0.15) is 0 Å². The maximum atomic E-state index is 5.82. The Morgan fingerprint density at radius 1 is 1.35 bits per heavy atom. The number of nitrogens with one attached hydrogen (secondary N) is 1. The van der Waals surface area contributed by atoms with Gasteiger partial charge in [-0.1, -0.05) is 26.8 Å². The first-order valence-electron chi connectivity index (χ1n) is 6.34. The highest BCUT2D eigenvalue weighted by molar-refractivity contribution is 5.76. The van der Waals surface area contributed by atoms with E-state index < -0.39 is 0 Å². The van der Waals surface area contributed by atoms with E-state index in [0.29, 0.717) is 18.4 Å². The molecular formula is C14H21N3. The van der Waals surface area contributed by atoms with Gasteiger partial charge in [-0.25, -0.2) is 4.98 Å². The summed E-state index contributed by atoms with van der Waals surface area (Å²) in [5.41, 5.74) is 9.32. The third-order valence-electron chi connectivity index (χ3n) is 3.38. The molecule has 1 aromatic carbocycles. The Labute approximate surface area is 102 Å². The number of aryl methyl sites for hydroxylation is 1. The molecule has 0 aliphatic carbocycles. The van der Waals surface area contributed by atoms with E-state index in [9.17, 15) is 0 Å². The van der Waals surface area contributed by atoms with Crippen molar-refractivity contribution in [3.63, 3.8) is 0 Å². The van der Waals surface area contributed by atoms with Gasteiger partial charge in [0.1, 0.15) is 5.82 Å². The predicted molar refractivity (Wildman–Crippen MR) is 72.1 cm³/mol. The Morgan fingerprint density at radius 3 is 2.71 bits per heavy atom. The maximum absolute atomic E-state index is 5.82. The van der Waals surface area contributed by atoms with Crippen LogP contribution in [-0.2, 0) is 6.42 Å².